The average Bonchev–Trinajstić information content (AvgIpc) is 2.88. The van der Waals surface area contributed by atoms with Crippen molar-refractivity contribution < 1.29 is 14.3 Å². The van der Waals surface area contributed by atoms with Gasteiger partial charge in [0.1, 0.15) is 30.0 Å². The molecular formula is C17H20ClNO3. The molecule has 1 aromatic carbocycles. The van der Waals surface area contributed by atoms with E-state index in [1.54, 1.807) is 0 Å². The number of rotatable bonds is 4. The molecule has 1 aromatic heterocycles. The topological polar surface area (TPSA) is 45.8 Å². The molecule has 0 amide bonds. The molecule has 2 aromatic rings. The predicted molar refractivity (Wildman–Crippen MR) is 84.9 cm³/mol. The molecule has 0 spiro atoms. The first kappa shape index (κ1) is 15.4. The molecule has 118 valence electrons. The minimum Gasteiger partial charge on any atom is -0.489 e. The molecule has 4 nitrogen and oxygen atoms in total. The van der Waals surface area contributed by atoms with E-state index in [1.165, 1.54) is 0 Å². The third-order valence-corrected chi connectivity index (χ3v) is 4.12. The molecule has 1 atom stereocenters. The van der Waals surface area contributed by atoms with E-state index in [2.05, 4.69) is 11.8 Å². The van der Waals surface area contributed by atoms with Crippen LogP contribution in [0.3, 0.4) is 0 Å². The highest BCUT2D eigenvalue weighted by Gasteiger charge is 2.23. The van der Waals surface area contributed by atoms with Gasteiger partial charge in [0, 0.05) is 23.7 Å². The van der Waals surface area contributed by atoms with Gasteiger partial charge in [-0.1, -0.05) is 24.6 Å². The number of ether oxygens (including phenoxy) is 1. The Bertz CT molecular complexity index is 641. The Kier molecular flexibility index (Phi) is 4.71. The van der Waals surface area contributed by atoms with E-state index < -0.39 is 0 Å². The first-order valence-corrected chi connectivity index (χ1v) is 7.91. The summed E-state index contributed by atoms with van der Waals surface area (Å²) in [5.74, 6) is 2.33. The Morgan fingerprint density at radius 1 is 1.27 bits per heavy atom. The van der Waals surface area contributed by atoms with E-state index in [4.69, 9.17) is 25.9 Å². The van der Waals surface area contributed by atoms with E-state index in [-0.39, 0.29) is 12.7 Å². The van der Waals surface area contributed by atoms with Gasteiger partial charge in [0.15, 0.2) is 0 Å². The van der Waals surface area contributed by atoms with Gasteiger partial charge < -0.3 is 14.3 Å². The second kappa shape index (κ2) is 6.73. The quantitative estimate of drug-likeness (QED) is 0.934. The van der Waals surface area contributed by atoms with Crippen LogP contribution < -0.4 is 4.74 Å². The van der Waals surface area contributed by atoms with Gasteiger partial charge in [0.25, 0.3) is 0 Å². The van der Waals surface area contributed by atoms with Gasteiger partial charge in [-0.15, -0.1) is 0 Å². The van der Waals surface area contributed by atoms with Gasteiger partial charge in [-0.2, -0.15) is 0 Å². The van der Waals surface area contributed by atoms with Crippen molar-refractivity contribution in [1.82, 2.24) is 4.90 Å². The van der Waals surface area contributed by atoms with Crippen molar-refractivity contribution in [2.45, 2.75) is 39.1 Å². The second-order valence-corrected chi connectivity index (χ2v) is 6.03. The largest absolute Gasteiger partial charge is 0.489 e. The molecule has 5 heteroatoms. The van der Waals surface area contributed by atoms with Gasteiger partial charge in [-0.25, -0.2) is 0 Å². The average molecular weight is 322 g/mol. The fourth-order valence-corrected chi connectivity index (χ4v) is 2.89. The Morgan fingerprint density at radius 3 is 2.82 bits per heavy atom. The van der Waals surface area contributed by atoms with Crippen molar-refractivity contribution in [3.63, 3.8) is 0 Å². The summed E-state index contributed by atoms with van der Waals surface area (Å²) >= 11 is 6.07. The lowest BCUT2D eigenvalue weighted by molar-refractivity contribution is 0.132. The first-order valence-electron chi connectivity index (χ1n) is 7.53. The first-order chi connectivity index (χ1) is 10.7. The van der Waals surface area contributed by atoms with Crippen LogP contribution in [-0.2, 0) is 19.7 Å². The van der Waals surface area contributed by atoms with E-state index in [9.17, 15) is 0 Å². The van der Waals surface area contributed by atoms with Gasteiger partial charge in [-0.3, -0.25) is 4.90 Å². The third-order valence-electron chi connectivity index (χ3n) is 3.89. The maximum Gasteiger partial charge on any atom is 0.129 e. The van der Waals surface area contributed by atoms with Crippen molar-refractivity contribution in [3.05, 3.63) is 52.4 Å². The highest BCUT2D eigenvalue weighted by Crippen LogP contribution is 2.29. The number of fused-ring (bicyclic) bond motifs is 1. The smallest absolute Gasteiger partial charge is 0.129 e. The molecule has 3 rings (SSSR count). The summed E-state index contributed by atoms with van der Waals surface area (Å²) < 4.78 is 11.7. The van der Waals surface area contributed by atoms with Crippen molar-refractivity contribution in [2.24, 2.45) is 0 Å². The maximum absolute atomic E-state index is 9.10. The molecule has 0 radical (unpaired) electrons. The fraction of sp³-hybridized carbons (Fsp3) is 0.412. The highest BCUT2D eigenvalue weighted by molar-refractivity contribution is 6.30. The summed E-state index contributed by atoms with van der Waals surface area (Å²) in [6.45, 7) is 4.37. The zero-order valence-corrected chi connectivity index (χ0v) is 13.3. The predicted octanol–water partition coefficient (Wildman–Crippen LogP) is 3.60. The number of furan rings is 1. The fourth-order valence-electron chi connectivity index (χ4n) is 2.72. The van der Waals surface area contributed by atoms with Crippen molar-refractivity contribution in [3.8, 4) is 5.75 Å². The van der Waals surface area contributed by atoms with Crippen LogP contribution in [0.5, 0.6) is 5.75 Å². The second-order valence-electron chi connectivity index (χ2n) is 5.60. The van der Waals surface area contributed by atoms with Crippen LogP contribution in [0.15, 0.2) is 34.7 Å². The molecule has 1 aliphatic heterocycles. The zero-order chi connectivity index (χ0) is 15.5. The van der Waals surface area contributed by atoms with E-state index in [1.807, 2.05) is 30.3 Å². The van der Waals surface area contributed by atoms with E-state index >= 15 is 0 Å². The van der Waals surface area contributed by atoms with Crippen LogP contribution in [0.2, 0.25) is 5.02 Å². The van der Waals surface area contributed by atoms with Crippen molar-refractivity contribution in [2.75, 3.05) is 6.54 Å². The number of halogens is 1. The molecule has 0 saturated carbocycles. The van der Waals surface area contributed by atoms with Crippen LogP contribution in [0.1, 0.15) is 30.4 Å². The molecule has 0 aliphatic carbocycles. The number of hydrogen-bond acceptors (Lipinski definition) is 4. The highest BCUT2D eigenvalue weighted by atomic mass is 35.5. The third kappa shape index (κ3) is 3.46. The summed E-state index contributed by atoms with van der Waals surface area (Å²) in [4.78, 5) is 2.30. The summed E-state index contributed by atoms with van der Waals surface area (Å²) in [7, 11) is 0. The monoisotopic (exact) mass is 321 g/mol. The lowest BCUT2D eigenvalue weighted by atomic mass is 10.2. The van der Waals surface area contributed by atoms with Gasteiger partial charge in [0.2, 0.25) is 0 Å². The Morgan fingerprint density at radius 2 is 2.09 bits per heavy atom. The zero-order valence-electron chi connectivity index (χ0n) is 12.6. The normalized spacial score (nSPS) is 18.6. The van der Waals surface area contributed by atoms with Crippen LogP contribution in [0, 0.1) is 0 Å². The molecule has 0 saturated heterocycles. The Balaban J connectivity index is 1.80. The Labute approximate surface area is 135 Å². The summed E-state index contributed by atoms with van der Waals surface area (Å²) in [5.41, 5.74) is 1.13. The standard InChI is InChI=1S/C17H20ClNO3/c1-2-14-9-19(10-15-5-6-16(11-20)21-15)8-12-3-4-13(18)7-17(12)22-14/h3-7,14,20H,2,8-11H2,1H3/t14-/m0/s1. The van der Waals surface area contributed by atoms with Gasteiger partial charge in [-0.05, 0) is 30.7 Å². The molecule has 22 heavy (non-hydrogen) atoms. The summed E-state index contributed by atoms with van der Waals surface area (Å²) in [6, 6.07) is 9.53. The molecule has 0 fully saturated rings. The number of aliphatic hydroxyl groups excluding tert-OH is 1. The van der Waals surface area contributed by atoms with E-state index in [0.29, 0.717) is 17.3 Å². The number of hydrogen-bond donors (Lipinski definition) is 1. The SMILES string of the molecule is CC[C@H]1CN(Cc2ccc(CO)o2)Cc2ccc(Cl)cc2O1. The maximum atomic E-state index is 9.10. The van der Waals surface area contributed by atoms with Crippen LogP contribution >= 0.6 is 11.6 Å². The van der Waals surface area contributed by atoms with Crippen LogP contribution in [-0.4, -0.2) is 22.7 Å². The lowest BCUT2D eigenvalue weighted by Gasteiger charge is -2.22. The summed E-state index contributed by atoms with van der Waals surface area (Å²) in [6.07, 6.45) is 1.06. The molecular weight excluding hydrogens is 302 g/mol. The lowest BCUT2D eigenvalue weighted by Crippen LogP contribution is -2.31. The van der Waals surface area contributed by atoms with Crippen molar-refractivity contribution >= 4 is 11.6 Å². The van der Waals surface area contributed by atoms with Gasteiger partial charge in [0.05, 0.1) is 6.54 Å². The minimum atomic E-state index is -0.0674. The van der Waals surface area contributed by atoms with E-state index in [0.717, 1.165) is 36.6 Å². The van der Waals surface area contributed by atoms with Crippen LogP contribution in [0.25, 0.3) is 0 Å². The van der Waals surface area contributed by atoms with Gasteiger partial charge >= 0.3 is 0 Å². The molecule has 1 aliphatic rings. The Hall–Kier alpha value is -1.49. The minimum absolute atomic E-state index is 0.0674. The molecule has 2 heterocycles. The van der Waals surface area contributed by atoms with Crippen LogP contribution in [0.4, 0.5) is 0 Å². The summed E-state index contributed by atoms with van der Waals surface area (Å²) in [5, 5.41) is 9.79. The molecule has 1 N–H and O–H groups in total. The number of benzene rings is 1. The number of nitrogens with zero attached hydrogens (tertiary/aromatic N) is 1. The molecule has 0 bridgehead atoms. The van der Waals surface area contributed by atoms with Crippen molar-refractivity contribution in [1.29, 1.82) is 0 Å². The molecule has 0 unspecified atom stereocenters. The number of aliphatic hydroxyl groups is 1.